The van der Waals surface area contributed by atoms with Gasteiger partial charge >= 0.3 is 0 Å². The van der Waals surface area contributed by atoms with Crippen LogP contribution in [0.25, 0.3) is 58.8 Å². The van der Waals surface area contributed by atoms with Crippen LogP contribution >= 0.6 is 11.3 Å². The third-order valence-electron chi connectivity index (χ3n) is 8.72. The summed E-state index contributed by atoms with van der Waals surface area (Å²) < 4.78 is 5.12. The van der Waals surface area contributed by atoms with Gasteiger partial charge in [-0.2, -0.15) is 0 Å². The lowest BCUT2D eigenvalue weighted by Gasteiger charge is -2.09. The van der Waals surface area contributed by atoms with E-state index in [2.05, 4.69) is 195 Å². The quantitative estimate of drug-likeness (QED) is 0.178. The van der Waals surface area contributed by atoms with Gasteiger partial charge in [0.1, 0.15) is 0 Å². The lowest BCUT2D eigenvalue weighted by Crippen LogP contribution is -1.94. The lowest BCUT2D eigenvalue weighted by molar-refractivity contribution is 1.09. The number of rotatable bonds is 4. The topological polar surface area (TPSA) is 4.93 Å². The zero-order valence-electron chi connectivity index (χ0n) is 28.4. The molecule has 2 aromatic heterocycles. The smallest absolute Gasteiger partial charge is 0.0548 e. The van der Waals surface area contributed by atoms with E-state index in [0.717, 1.165) is 6.42 Å². The molecule has 0 amide bonds. The molecule has 1 nitrogen and oxygen atoms in total. The Bertz CT molecular complexity index is 2410. The van der Waals surface area contributed by atoms with Gasteiger partial charge in [0, 0.05) is 36.6 Å². The van der Waals surface area contributed by atoms with Crippen molar-refractivity contribution in [2.75, 3.05) is 0 Å². The predicted molar refractivity (Wildman–Crippen MR) is 215 cm³/mol. The number of fused-ring (bicyclic) bond motifs is 6. The lowest BCUT2D eigenvalue weighted by atomic mass is 10.0. The van der Waals surface area contributed by atoms with Crippen molar-refractivity contribution < 1.29 is 0 Å². The minimum absolute atomic E-state index is 1.03. The SMILES string of the molecule is CCC.Cc1cccc(-n2c3ccc(-c4ccccc4)cc3c3cc4sc5ccccc5c4cc32)c1.c1ccc(Cc2ccccc2)cc1. The largest absolute Gasteiger partial charge is 0.309 e. The maximum atomic E-state index is 2.43. The highest BCUT2D eigenvalue weighted by molar-refractivity contribution is 7.25. The molecular formula is C47H41NS. The van der Waals surface area contributed by atoms with E-state index in [0.29, 0.717) is 0 Å². The standard InChI is InChI=1S/C31H21NS.C13H12.C3H8/c1-20-8-7-11-23(16-20)32-28-15-14-22(21-9-3-2-4-10-21)17-25(28)26-19-31-27(18-29(26)32)24-12-5-6-13-30(24)33-31;1-3-7-12(8-4-1)11-13-9-5-2-6-10-13;1-3-2/h2-19H,1H3;1-10H,11H2;3H2,1-2H3. The van der Waals surface area contributed by atoms with Gasteiger partial charge in [-0.05, 0) is 83.6 Å². The molecule has 0 aliphatic carbocycles. The maximum Gasteiger partial charge on any atom is 0.0548 e. The van der Waals surface area contributed by atoms with Crippen LogP contribution < -0.4 is 0 Å². The molecule has 0 spiro atoms. The van der Waals surface area contributed by atoms with E-state index in [1.54, 1.807) is 0 Å². The van der Waals surface area contributed by atoms with Crippen LogP contribution in [0.15, 0.2) is 170 Å². The summed E-state index contributed by atoms with van der Waals surface area (Å²) in [7, 11) is 0. The minimum Gasteiger partial charge on any atom is -0.309 e. The van der Waals surface area contributed by atoms with Crippen LogP contribution in [0.4, 0.5) is 0 Å². The highest BCUT2D eigenvalue weighted by Gasteiger charge is 2.16. The van der Waals surface area contributed by atoms with Crippen molar-refractivity contribution >= 4 is 53.3 Å². The first kappa shape index (κ1) is 32.1. The molecule has 0 aliphatic heterocycles. The number of benzene rings is 7. The van der Waals surface area contributed by atoms with E-state index in [9.17, 15) is 0 Å². The molecule has 0 saturated carbocycles. The van der Waals surface area contributed by atoms with Crippen LogP contribution in [-0.4, -0.2) is 4.57 Å². The second-order valence-electron chi connectivity index (χ2n) is 12.6. The summed E-state index contributed by atoms with van der Waals surface area (Å²) in [6.45, 7) is 6.41. The molecule has 0 bridgehead atoms. The molecule has 0 unspecified atom stereocenters. The molecule has 2 heterocycles. The fraction of sp³-hybridized carbons (Fsp3) is 0.106. The summed E-state index contributed by atoms with van der Waals surface area (Å²) in [5, 5.41) is 5.28. The first-order valence-corrected chi connectivity index (χ1v) is 18.0. The van der Waals surface area contributed by atoms with Crippen molar-refractivity contribution in [2.24, 2.45) is 0 Å². The normalized spacial score (nSPS) is 10.9. The van der Waals surface area contributed by atoms with Crippen molar-refractivity contribution in [3.63, 3.8) is 0 Å². The van der Waals surface area contributed by atoms with Gasteiger partial charge in [0.15, 0.2) is 0 Å². The van der Waals surface area contributed by atoms with Crippen LogP contribution in [0, 0.1) is 6.92 Å². The summed E-state index contributed by atoms with van der Waals surface area (Å²) in [5.74, 6) is 0. The van der Waals surface area contributed by atoms with Gasteiger partial charge in [-0.25, -0.2) is 0 Å². The zero-order chi connectivity index (χ0) is 33.6. The van der Waals surface area contributed by atoms with Gasteiger partial charge in [0.25, 0.3) is 0 Å². The molecule has 0 N–H and O–H groups in total. The number of aromatic nitrogens is 1. The summed E-state index contributed by atoms with van der Waals surface area (Å²) in [6.07, 6.45) is 2.28. The van der Waals surface area contributed by atoms with Crippen molar-refractivity contribution in [1.29, 1.82) is 0 Å². The Balaban J connectivity index is 0.000000197. The third kappa shape index (κ3) is 6.92. The van der Waals surface area contributed by atoms with Crippen molar-refractivity contribution in [3.8, 4) is 16.8 Å². The monoisotopic (exact) mass is 651 g/mol. The number of aryl methyl sites for hydroxylation is 1. The van der Waals surface area contributed by atoms with E-state index in [4.69, 9.17) is 0 Å². The number of nitrogens with zero attached hydrogens (tertiary/aromatic N) is 1. The van der Waals surface area contributed by atoms with Crippen molar-refractivity contribution in [1.82, 2.24) is 4.57 Å². The Hall–Kier alpha value is -5.44. The minimum atomic E-state index is 1.03. The number of hydrogen-bond acceptors (Lipinski definition) is 1. The van der Waals surface area contributed by atoms with Gasteiger partial charge in [0.2, 0.25) is 0 Å². The summed E-state index contributed by atoms with van der Waals surface area (Å²) >= 11 is 1.88. The van der Waals surface area contributed by atoms with E-state index in [-0.39, 0.29) is 0 Å². The first-order valence-electron chi connectivity index (χ1n) is 17.2. The fourth-order valence-electron chi connectivity index (χ4n) is 6.52. The Kier molecular flexibility index (Phi) is 9.68. The van der Waals surface area contributed by atoms with Crippen molar-refractivity contribution in [2.45, 2.75) is 33.6 Å². The summed E-state index contributed by atoms with van der Waals surface area (Å²) in [4.78, 5) is 0. The van der Waals surface area contributed by atoms with E-state index in [1.165, 1.54) is 81.9 Å². The van der Waals surface area contributed by atoms with Gasteiger partial charge in [0.05, 0.1) is 11.0 Å². The fourth-order valence-corrected chi connectivity index (χ4v) is 7.65. The molecular weight excluding hydrogens is 611 g/mol. The molecule has 240 valence electrons. The van der Waals surface area contributed by atoms with E-state index >= 15 is 0 Å². The second kappa shape index (κ2) is 14.8. The summed E-state index contributed by atoms with van der Waals surface area (Å²) in [6, 6.07) is 61.0. The first-order chi connectivity index (χ1) is 24.1. The Morgan fingerprint density at radius 2 is 1.06 bits per heavy atom. The molecule has 49 heavy (non-hydrogen) atoms. The highest BCUT2D eigenvalue weighted by atomic mass is 32.1. The Labute approximate surface area is 293 Å². The predicted octanol–water partition coefficient (Wildman–Crippen LogP) is 13.8. The molecule has 0 aliphatic rings. The highest BCUT2D eigenvalue weighted by Crippen LogP contribution is 2.41. The van der Waals surface area contributed by atoms with Gasteiger partial charge in [-0.3, -0.25) is 0 Å². The number of thiophene rings is 1. The average Bonchev–Trinajstić information content (AvgIpc) is 3.67. The second-order valence-corrected chi connectivity index (χ2v) is 13.7. The van der Waals surface area contributed by atoms with Crippen LogP contribution in [0.3, 0.4) is 0 Å². The molecule has 9 aromatic rings. The van der Waals surface area contributed by atoms with E-state index in [1.807, 2.05) is 11.3 Å². The van der Waals surface area contributed by atoms with Crippen LogP contribution in [0.2, 0.25) is 0 Å². The third-order valence-corrected chi connectivity index (χ3v) is 9.86. The van der Waals surface area contributed by atoms with Gasteiger partial charge < -0.3 is 4.57 Å². The van der Waals surface area contributed by atoms with Gasteiger partial charge in [-0.15, -0.1) is 11.3 Å². The summed E-state index contributed by atoms with van der Waals surface area (Å²) in [5.41, 5.74) is 10.2. The van der Waals surface area contributed by atoms with Crippen LogP contribution in [-0.2, 0) is 6.42 Å². The molecule has 0 fully saturated rings. The Morgan fingerprint density at radius 1 is 0.449 bits per heavy atom. The number of hydrogen-bond donors (Lipinski definition) is 0. The molecule has 9 rings (SSSR count). The molecule has 2 heteroatoms. The zero-order valence-corrected chi connectivity index (χ0v) is 29.3. The van der Waals surface area contributed by atoms with E-state index < -0.39 is 0 Å². The molecule has 0 atom stereocenters. The van der Waals surface area contributed by atoms with Gasteiger partial charge in [-0.1, -0.05) is 148 Å². The van der Waals surface area contributed by atoms with Crippen LogP contribution in [0.1, 0.15) is 37.0 Å². The maximum absolute atomic E-state index is 2.43. The van der Waals surface area contributed by atoms with Crippen molar-refractivity contribution in [3.05, 3.63) is 187 Å². The molecule has 0 radical (unpaired) electrons. The average molecular weight is 652 g/mol. The molecule has 7 aromatic carbocycles. The Morgan fingerprint density at radius 3 is 1.73 bits per heavy atom. The van der Waals surface area contributed by atoms with Crippen LogP contribution in [0.5, 0.6) is 0 Å². The molecule has 0 saturated heterocycles.